The lowest BCUT2D eigenvalue weighted by atomic mass is 10.0. The van der Waals surface area contributed by atoms with Crippen LogP contribution >= 0.6 is 11.6 Å². The lowest BCUT2D eigenvalue weighted by Gasteiger charge is -2.07. The maximum Gasteiger partial charge on any atom is 0.252 e. The van der Waals surface area contributed by atoms with Gasteiger partial charge in [-0.2, -0.15) is 0 Å². The van der Waals surface area contributed by atoms with Crippen molar-refractivity contribution in [1.29, 1.82) is 0 Å². The van der Waals surface area contributed by atoms with E-state index in [1.54, 1.807) is 12.1 Å². The van der Waals surface area contributed by atoms with E-state index >= 15 is 0 Å². The molecular weight excluding hydrogens is 296 g/mol. The molecule has 2 aromatic rings. The third kappa shape index (κ3) is 4.88. The van der Waals surface area contributed by atoms with E-state index in [2.05, 4.69) is 6.92 Å². The first-order valence-corrected chi connectivity index (χ1v) is 8.11. The zero-order valence-electron chi connectivity index (χ0n) is 12.8. The molecule has 0 saturated heterocycles. The Hall–Kier alpha value is -1.80. The number of unbranched alkanes of at least 4 members (excludes halogenated alkanes) is 3. The highest BCUT2D eigenvalue weighted by atomic mass is 35.5. The van der Waals surface area contributed by atoms with E-state index in [9.17, 15) is 4.79 Å². The summed E-state index contributed by atoms with van der Waals surface area (Å²) in [7, 11) is 0. The monoisotopic (exact) mass is 316 g/mol. The van der Waals surface area contributed by atoms with E-state index in [1.807, 2.05) is 36.4 Å². The van der Waals surface area contributed by atoms with Crippen molar-refractivity contribution in [3.05, 3.63) is 54.1 Å². The van der Waals surface area contributed by atoms with E-state index in [0.717, 1.165) is 29.9 Å². The molecule has 0 aromatic heterocycles. The Morgan fingerprint density at radius 1 is 0.909 bits per heavy atom. The normalized spacial score (nSPS) is 10.5. The highest BCUT2D eigenvalue weighted by molar-refractivity contribution is 6.67. The van der Waals surface area contributed by atoms with E-state index in [1.165, 1.54) is 19.3 Å². The SMILES string of the molecule is CCCCCCOc1ccc(-c2ccc(C(=O)Cl)cc2)cc1. The molecule has 0 aliphatic rings. The molecule has 2 nitrogen and oxygen atoms in total. The zero-order valence-corrected chi connectivity index (χ0v) is 13.6. The smallest absolute Gasteiger partial charge is 0.252 e. The van der Waals surface area contributed by atoms with Gasteiger partial charge >= 0.3 is 0 Å². The number of hydrogen-bond acceptors (Lipinski definition) is 2. The molecule has 116 valence electrons. The minimum absolute atomic E-state index is 0.432. The van der Waals surface area contributed by atoms with Gasteiger partial charge in [-0.15, -0.1) is 0 Å². The average molecular weight is 317 g/mol. The number of ether oxygens (including phenoxy) is 1. The van der Waals surface area contributed by atoms with Crippen LogP contribution in [-0.2, 0) is 0 Å². The van der Waals surface area contributed by atoms with Crippen LogP contribution < -0.4 is 4.74 Å². The average Bonchev–Trinajstić information content (AvgIpc) is 2.55. The fourth-order valence-electron chi connectivity index (χ4n) is 2.26. The molecule has 0 fully saturated rings. The third-order valence-electron chi connectivity index (χ3n) is 3.57. The van der Waals surface area contributed by atoms with E-state index in [0.29, 0.717) is 5.56 Å². The van der Waals surface area contributed by atoms with Gasteiger partial charge < -0.3 is 4.74 Å². The number of carbonyl (C=O) groups is 1. The summed E-state index contributed by atoms with van der Waals surface area (Å²) in [6.07, 6.45) is 4.83. The number of hydrogen-bond donors (Lipinski definition) is 0. The van der Waals surface area contributed by atoms with Gasteiger partial charge in [0.05, 0.1) is 6.61 Å². The van der Waals surface area contributed by atoms with Crippen LogP contribution in [0.5, 0.6) is 5.75 Å². The maximum atomic E-state index is 11.1. The van der Waals surface area contributed by atoms with Crippen molar-refractivity contribution >= 4 is 16.8 Å². The number of benzene rings is 2. The summed E-state index contributed by atoms with van der Waals surface area (Å²) in [5.41, 5.74) is 2.65. The number of rotatable bonds is 8. The molecule has 2 aromatic carbocycles. The predicted molar refractivity (Wildman–Crippen MR) is 91.7 cm³/mol. The van der Waals surface area contributed by atoms with Crippen molar-refractivity contribution in [3.63, 3.8) is 0 Å². The lowest BCUT2D eigenvalue weighted by molar-refractivity contribution is 0.108. The van der Waals surface area contributed by atoms with Crippen molar-refractivity contribution in [2.24, 2.45) is 0 Å². The summed E-state index contributed by atoms with van der Waals surface area (Å²) in [6, 6.07) is 15.3. The van der Waals surface area contributed by atoms with Gasteiger partial charge in [-0.1, -0.05) is 50.5 Å². The quantitative estimate of drug-likeness (QED) is 0.462. The van der Waals surface area contributed by atoms with Crippen molar-refractivity contribution in [3.8, 4) is 16.9 Å². The minimum Gasteiger partial charge on any atom is -0.494 e. The first-order chi connectivity index (χ1) is 10.7. The molecule has 0 saturated carbocycles. The molecule has 22 heavy (non-hydrogen) atoms. The molecule has 0 radical (unpaired) electrons. The predicted octanol–water partition coefficient (Wildman–Crippen LogP) is 5.69. The molecule has 0 unspecified atom stereocenters. The molecule has 0 aliphatic carbocycles. The largest absolute Gasteiger partial charge is 0.494 e. The van der Waals surface area contributed by atoms with Gasteiger partial charge in [0.2, 0.25) is 0 Å². The first-order valence-electron chi connectivity index (χ1n) is 7.74. The van der Waals surface area contributed by atoms with Crippen LogP contribution in [0, 0.1) is 0 Å². The number of carbonyl (C=O) groups excluding carboxylic acids is 1. The molecular formula is C19H21ClO2. The third-order valence-corrected chi connectivity index (χ3v) is 3.78. The molecule has 0 bridgehead atoms. The Morgan fingerprint density at radius 3 is 2.05 bits per heavy atom. The van der Waals surface area contributed by atoms with Crippen LogP contribution in [0.1, 0.15) is 43.0 Å². The summed E-state index contributed by atoms with van der Waals surface area (Å²) >= 11 is 5.45. The molecule has 0 N–H and O–H groups in total. The van der Waals surface area contributed by atoms with Gasteiger partial charge in [0.15, 0.2) is 0 Å². The zero-order chi connectivity index (χ0) is 15.8. The van der Waals surface area contributed by atoms with Crippen molar-refractivity contribution in [2.45, 2.75) is 32.6 Å². The van der Waals surface area contributed by atoms with Crippen LogP contribution in [0.15, 0.2) is 48.5 Å². The van der Waals surface area contributed by atoms with Gasteiger partial charge in [-0.05, 0) is 53.4 Å². The van der Waals surface area contributed by atoms with Crippen molar-refractivity contribution < 1.29 is 9.53 Å². The highest BCUT2D eigenvalue weighted by Crippen LogP contribution is 2.23. The second-order valence-corrected chi connectivity index (χ2v) is 5.63. The fraction of sp³-hybridized carbons (Fsp3) is 0.316. The van der Waals surface area contributed by atoms with Gasteiger partial charge in [-0.3, -0.25) is 4.79 Å². The molecule has 0 spiro atoms. The van der Waals surface area contributed by atoms with Crippen molar-refractivity contribution in [2.75, 3.05) is 6.61 Å². The summed E-state index contributed by atoms with van der Waals surface area (Å²) in [5, 5.41) is -0.432. The summed E-state index contributed by atoms with van der Waals surface area (Å²) in [4.78, 5) is 11.1. The second kappa shape index (κ2) is 8.60. The van der Waals surface area contributed by atoms with Gasteiger partial charge in [0.1, 0.15) is 5.75 Å². The molecule has 0 heterocycles. The van der Waals surface area contributed by atoms with E-state index in [-0.39, 0.29) is 0 Å². The molecule has 0 amide bonds. The van der Waals surface area contributed by atoms with Crippen LogP contribution in [-0.4, -0.2) is 11.8 Å². The lowest BCUT2D eigenvalue weighted by Crippen LogP contribution is -1.97. The summed E-state index contributed by atoms with van der Waals surface area (Å²) < 4.78 is 5.73. The topological polar surface area (TPSA) is 26.3 Å². The molecule has 3 heteroatoms. The molecule has 0 aliphatic heterocycles. The van der Waals surface area contributed by atoms with Gasteiger partial charge in [-0.25, -0.2) is 0 Å². The number of halogens is 1. The Morgan fingerprint density at radius 2 is 1.50 bits per heavy atom. The van der Waals surface area contributed by atoms with E-state index < -0.39 is 5.24 Å². The Balaban J connectivity index is 1.92. The van der Waals surface area contributed by atoms with Crippen LogP contribution in [0.4, 0.5) is 0 Å². The molecule has 2 rings (SSSR count). The van der Waals surface area contributed by atoms with Gasteiger partial charge in [0.25, 0.3) is 5.24 Å². The Labute approximate surface area is 137 Å². The van der Waals surface area contributed by atoms with Crippen LogP contribution in [0.25, 0.3) is 11.1 Å². The van der Waals surface area contributed by atoms with Gasteiger partial charge in [0, 0.05) is 5.56 Å². The summed E-state index contributed by atoms with van der Waals surface area (Å²) in [6.45, 7) is 2.97. The first kappa shape index (κ1) is 16.6. The van der Waals surface area contributed by atoms with E-state index in [4.69, 9.17) is 16.3 Å². The maximum absolute atomic E-state index is 11.1. The van der Waals surface area contributed by atoms with Crippen molar-refractivity contribution in [1.82, 2.24) is 0 Å². The van der Waals surface area contributed by atoms with Crippen LogP contribution in [0.2, 0.25) is 0 Å². The molecule has 0 atom stereocenters. The standard InChI is InChI=1S/C19H21ClO2/c1-2-3-4-5-14-22-18-12-10-16(11-13-18)15-6-8-17(9-7-15)19(20)21/h6-13H,2-5,14H2,1H3. The summed E-state index contributed by atoms with van der Waals surface area (Å²) in [5.74, 6) is 0.896. The minimum atomic E-state index is -0.432. The Kier molecular flexibility index (Phi) is 6.47. The Bertz CT molecular complexity index is 588. The van der Waals surface area contributed by atoms with Crippen LogP contribution in [0.3, 0.4) is 0 Å². The second-order valence-electron chi connectivity index (χ2n) is 5.28. The highest BCUT2D eigenvalue weighted by Gasteiger charge is 2.03. The fourth-order valence-corrected chi connectivity index (χ4v) is 2.38.